The van der Waals surface area contributed by atoms with Crippen LogP contribution in [0.1, 0.15) is 33.6 Å². The molecule has 0 aromatic rings. The summed E-state index contributed by atoms with van der Waals surface area (Å²) in [6.07, 6.45) is 1.59. The molecular weight excluding hydrogens is 192 g/mol. The summed E-state index contributed by atoms with van der Waals surface area (Å²) in [7, 11) is 1.58. The average Bonchev–Trinajstić information content (AvgIpc) is 2.22. The number of ether oxygens (including phenoxy) is 1. The zero-order chi connectivity index (χ0) is 11.7. The number of carbonyl (C=O) groups excluding carboxylic acids is 1. The predicted molar refractivity (Wildman–Crippen MR) is 59.5 cm³/mol. The van der Waals surface area contributed by atoms with E-state index in [1.54, 1.807) is 12.0 Å². The van der Waals surface area contributed by atoms with Gasteiger partial charge in [0.1, 0.15) is 5.60 Å². The SMILES string of the molecule is CCC1(N)CN(C(=O)C(C)(CC)OC)C1. The van der Waals surface area contributed by atoms with E-state index < -0.39 is 5.60 Å². The van der Waals surface area contributed by atoms with Gasteiger partial charge >= 0.3 is 0 Å². The number of methoxy groups -OCH3 is 1. The monoisotopic (exact) mass is 214 g/mol. The molecule has 1 heterocycles. The van der Waals surface area contributed by atoms with Crippen LogP contribution in [0.3, 0.4) is 0 Å². The van der Waals surface area contributed by atoms with Crippen LogP contribution in [0.2, 0.25) is 0 Å². The highest BCUT2D eigenvalue weighted by molar-refractivity contribution is 5.85. The highest BCUT2D eigenvalue weighted by atomic mass is 16.5. The molecule has 1 aliphatic rings. The van der Waals surface area contributed by atoms with E-state index in [0.29, 0.717) is 19.5 Å². The van der Waals surface area contributed by atoms with Gasteiger partial charge in [-0.1, -0.05) is 13.8 Å². The van der Waals surface area contributed by atoms with Crippen molar-refractivity contribution in [2.45, 2.75) is 44.8 Å². The second-order valence-corrected chi connectivity index (χ2v) is 4.67. The van der Waals surface area contributed by atoms with Crippen molar-refractivity contribution < 1.29 is 9.53 Å². The molecule has 0 aliphatic carbocycles. The highest BCUT2D eigenvalue weighted by Crippen LogP contribution is 2.27. The van der Waals surface area contributed by atoms with Crippen LogP contribution in [0.4, 0.5) is 0 Å². The molecular formula is C11H22N2O2. The lowest BCUT2D eigenvalue weighted by Gasteiger charge is -2.49. The summed E-state index contributed by atoms with van der Waals surface area (Å²) < 4.78 is 5.28. The van der Waals surface area contributed by atoms with E-state index >= 15 is 0 Å². The van der Waals surface area contributed by atoms with Crippen LogP contribution < -0.4 is 5.73 Å². The molecule has 1 rings (SSSR count). The van der Waals surface area contributed by atoms with Crippen LogP contribution in [0.15, 0.2) is 0 Å². The largest absolute Gasteiger partial charge is 0.369 e. The minimum atomic E-state index is -0.685. The summed E-state index contributed by atoms with van der Waals surface area (Å²) in [6, 6.07) is 0. The first-order valence-corrected chi connectivity index (χ1v) is 5.54. The normalized spacial score (nSPS) is 23.1. The smallest absolute Gasteiger partial charge is 0.254 e. The van der Waals surface area contributed by atoms with Crippen molar-refractivity contribution in [3.8, 4) is 0 Å². The van der Waals surface area contributed by atoms with Gasteiger partial charge in [0.15, 0.2) is 0 Å². The maximum atomic E-state index is 12.1. The van der Waals surface area contributed by atoms with Crippen LogP contribution in [0.5, 0.6) is 0 Å². The molecule has 0 saturated carbocycles. The Morgan fingerprint density at radius 1 is 1.53 bits per heavy atom. The Bertz CT molecular complexity index is 243. The van der Waals surface area contributed by atoms with Crippen molar-refractivity contribution in [1.82, 2.24) is 4.90 Å². The van der Waals surface area contributed by atoms with Gasteiger partial charge in [-0.25, -0.2) is 0 Å². The molecule has 15 heavy (non-hydrogen) atoms. The molecule has 4 heteroatoms. The summed E-state index contributed by atoms with van der Waals surface area (Å²) in [5, 5.41) is 0. The average molecular weight is 214 g/mol. The van der Waals surface area contributed by atoms with Crippen molar-refractivity contribution in [1.29, 1.82) is 0 Å². The van der Waals surface area contributed by atoms with Gasteiger partial charge in [-0.05, 0) is 19.8 Å². The lowest BCUT2D eigenvalue weighted by molar-refractivity contribution is -0.161. The third-order valence-corrected chi connectivity index (χ3v) is 3.58. The molecule has 1 aliphatic heterocycles. The Labute approximate surface area is 91.8 Å². The third-order valence-electron chi connectivity index (χ3n) is 3.58. The Hall–Kier alpha value is -0.610. The molecule has 1 amide bonds. The van der Waals surface area contributed by atoms with Gasteiger partial charge in [0.25, 0.3) is 5.91 Å². The fraction of sp³-hybridized carbons (Fsp3) is 0.909. The zero-order valence-corrected chi connectivity index (χ0v) is 10.2. The molecule has 2 N–H and O–H groups in total. The van der Waals surface area contributed by atoms with Gasteiger partial charge in [-0.2, -0.15) is 0 Å². The Morgan fingerprint density at radius 3 is 2.40 bits per heavy atom. The minimum absolute atomic E-state index is 0.0574. The lowest BCUT2D eigenvalue weighted by atomic mass is 9.86. The van der Waals surface area contributed by atoms with Crippen LogP contribution in [0, 0.1) is 0 Å². The van der Waals surface area contributed by atoms with E-state index in [2.05, 4.69) is 6.92 Å². The first-order chi connectivity index (χ1) is 6.90. The number of rotatable bonds is 4. The minimum Gasteiger partial charge on any atom is -0.369 e. The molecule has 1 saturated heterocycles. The number of carbonyl (C=O) groups is 1. The Balaban J connectivity index is 2.58. The lowest BCUT2D eigenvalue weighted by Crippen LogP contribution is -2.70. The van der Waals surface area contributed by atoms with Crippen LogP contribution in [-0.4, -0.2) is 42.1 Å². The summed E-state index contributed by atoms with van der Waals surface area (Å²) in [6.45, 7) is 7.15. The number of likely N-dealkylation sites (tertiary alicyclic amines) is 1. The predicted octanol–water partition coefficient (Wildman–Crippen LogP) is 0.751. The number of hydrogen-bond acceptors (Lipinski definition) is 3. The number of amides is 1. The fourth-order valence-electron chi connectivity index (χ4n) is 1.80. The van der Waals surface area contributed by atoms with E-state index in [-0.39, 0.29) is 11.4 Å². The molecule has 0 bridgehead atoms. The number of nitrogens with zero attached hydrogens (tertiary/aromatic N) is 1. The highest BCUT2D eigenvalue weighted by Gasteiger charge is 2.45. The first-order valence-electron chi connectivity index (χ1n) is 5.54. The molecule has 1 atom stereocenters. The summed E-state index contributed by atoms with van der Waals surface area (Å²) in [5.74, 6) is 0.0574. The van der Waals surface area contributed by atoms with Gasteiger partial charge in [-0.3, -0.25) is 4.79 Å². The van der Waals surface area contributed by atoms with Crippen molar-refractivity contribution in [3.63, 3.8) is 0 Å². The maximum Gasteiger partial charge on any atom is 0.254 e. The topological polar surface area (TPSA) is 55.6 Å². The van der Waals surface area contributed by atoms with E-state index in [9.17, 15) is 4.79 Å². The van der Waals surface area contributed by atoms with Gasteiger partial charge < -0.3 is 15.4 Å². The van der Waals surface area contributed by atoms with E-state index in [1.165, 1.54) is 0 Å². The van der Waals surface area contributed by atoms with Crippen molar-refractivity contribution >= 4 is 5.91 Å². The van der Waals surface area contributed by atoms with Crippen LogP contribution in [0.25, 0.3) is 0 Å². The number of hydrogen-bond donors (Lipinski definition) is 1. The van der Waals surface area contributed by atoms with Crippen molar-refractivity contribution in [2.75, 3.05) is 20.2 Å². The molecule has 1 fully saturated rings. The van der Waals surface area contributed by atoms with E-state index in [1.807, 2.05) is 13.8 Å². The van der Waals surface area contributed by atoms with Crippen LogP contribution >= 0.6 is 0 Å². The first kappa shape index (κ1) is 12.5. The Kier molecular flexibility index (Phi) is 3.41. The van der Waals surface area contributed by atoms with E-state index in [0.717, 1.165) is 6.42 Å². The summed E-state index contributed by atoms with van der Waals surface area (Å²) >= 11 is 0. The molecule has 0 aromatic carbocycles. The van der Waals surface area contributed by atoms with Gasteiger partial charge in [0.05, 0.1) is 5.54 Å². The second-order valence-electron chi connectivity index (χ2n) is 4.67. The molecule has 0 radical (unpaired) electrons. The quantitative estimate of drug-likeness (QED) is 0.751. The molecule has 4 nitrogen and oxygen atoms in total. The third kappa shape index (κ3) is 2.16. The standard InChI is InChI=1S/C11H22N2O2/c1-5-10(3,15-4)9(14)13-7-11(12,6-2)8-13/h5-8,12H2,1-4H3. The van der Waals surface area contributed by atoms with Crippen molar-refractivity contribution in [2.24, 2.45) is 5.73 Å². The zero-order valence-electron chi connectivity index (χ0n) is 10.2. The van der Waals surface area contributed by atoms with Crippen LogP contribution in [-0.2, 0) is 9.53 Å². The second kappa shape index (κ2) is 4.10. The van der Waals surface area contributed by atoms with Crippen molar-refractivity contribution in [3.05, 3.63) is 0 Å². The Morgan fingerprint density at radius 2 is 2.07 bits per heavy atom. The molecule has 88 valence electrons. The van der Waals surface area contributed by atoms with Gasteiger partial charge in [0, 0.05) is 20.2 Å². The maximum absolute atomic E-state index is 12.1. The number of nitrogens with two attached hydrogens (primary N) is 1. The molecule has 1 unspecified atom stereocenters. The fourth-order valence-corrected chi connectivity index (χ4v) is 1.80. The van der Waals surface area contributed by atoms with Gasteiger partial charge in [0.2, 0.25) is 0 Å². The summed E-state index contributed by atoms with van der Waals surface area (Å²) in [4.78, 5) is 13.8. The summed E-state index contributed by atoms with van der Waals surface area (Å²) in [5.41, 5.74) is 5.17. The van der Waals surface area contributed by atoms with E-state index in [4.69, 9.17) is 10.5 Å². The molecule has 0 aromatic heterocycles. The van der Waals surface area contributed by atoms with Gasteiger partial charge in [-0.15, -0.1) is 0 Å². The molecule has 0 spiro atoms.